The highest BCUT2D eigenvalue weighted by molar-refractivity contribution is 9.10. The number of halogens is 1. The van der Waals surface area contributed by atoms with E-state index in [1.165, 1.54) is 0 Å². The minimum atomic E-state index is -0.268. The Labute approximate surface area is 97.2 Å². The number of aliphatic hydroxyl groups is 1. The zero-order valence-electron chi connectivity index (χ0n) is 8.28. The van der Waals surface area contributed by atoms with Crippen molar-refractivity contribution < 1.29 is 14.6 Å². The van der Waals surface area contributed by atoms with E-state index >= 15 is 0 Å². The van der Waals surface area contributed by atoms with Gasteiger partial charge in [-0.1, -0.05) is 12.1 Å². The second kappa shape index (κ2) is 6.58. The Morgan fingerprint density at radius 1 is 1.33 bits per heavy atom. The van der Waals surface area contributed by atoms with Crippen molar-refractivity contribution in [1.29, 1.82) is 0 Å². The smallest absolute Gasteiger partial charge is 0.311 e. The first-order chi connectivity index (χ1) is 7.24. The quantitative estimate of drug-likeness (QED) is 0.509. The number of ether oxygens (including phenoxy) is 1. The first-order valence-electron chi connectivity index (χ1n) is 4.80. The SMILES string of the molecule is O=C(CCCCO)Oc1ccccc1Br. The molecule has 0 aromatic heterocycles. The molecule has 0 bridgehead atoms. The lowest BCUT2D eigenvalue weighted by Crippen LogP contribution is -2.08. The molecular formula is C11H13BrO3. The topological polar surface area (TPSA) is 46.5 Å². The molecule has 0 atom stereocenters. The molecule has 1 N–H and O–H groups in total. The van der Waals surface area contributed by atoms with Crippen LogP contribution < -0.4 is 4.74 Å². The molecular weight excluding hydrogens is 260 g/mol. The summed E-state index contributed by atoms with van der Waals surface area (Å²) in [7, 11) is 0. The summed E-state index contributed by atoms with van der Waals surface area (Å²) >= 11 is 3.29. The molecule has 0 fully saturated rings. The predicted octanol–water partition coefficient (Wildman–Crippen LogP) is 2.52. The van der Waals surface area contributed by atoms with Gasteiger partial charge in [-0.05, 0) is 40.9 Å². The molecule has 0 radical (unpaired) electrons. The molecule has 1 aromatic carbocycles. The van der Waals surface area contributed by atoms with E-state index in [1.54, 1.807) is 12.1 Å². The summed E-state index contributed by atoms with van der Waals surface area (Å²) in [5.74, 6) is 0.266. The second-order valence-electron chi connectivity index (χ2n) is 3.09. The number of benzene rings is 1. The van der Waals surface area contributed by atoms with Crippen molar-refractivity contribution in [3.05, 3.63) is 28.7 Å². The highest BCUT2D eigenvalue weighted by Gasteiger charge is 2.06. The largest absolute Gasteiger partial charge is 0.425 e. The van der Waals surface area contributed by atoms with Gasteiger partial charge in [-0.3, -0.25) is 4.79 Å². The van der Waals surface area contributed by atoms with Gasteiger partial charge in [0.15, 0.2) is 0 Å². The molecule has 82 valence electrons. The van der Waals surface area contributed by atoms with Crippen molar-refractivity contribution in [2.45, 2.75) is 19.3 Å². The predicted molar refractivity (Wildman–Crippen MR) is 60.7 cm³/mol. The number of esters is 1. The van der Waals surface area contributed by atoms with Crippen LogP contribution in [0.3, 0.4) is 0 Å². The van der Waals surface area contributed by atoms with Crippen LogP contribution in [0.5, 0.6) is 5.75 Å². The highest BCUT2D eigenvalue weighted by atomic mass is 79.9. The van der Waals surface area contributed by atoms with E-state index in [0.29, 0.717) is 25.0 Å². The average Bonchev–Trinajstić information content (AvgIpc) is 2.22. The number of hydrogen-bond acceptors (Lipinski definition) is 3. The number of rotatable bonds is 5. The second-order valence-corrected chi connectivity index (χ2v) is 3.94. The lowest BCUT2D eigenvalue weighted by atomic mass is 10.2. The van der Waals surface area contributed by atoms with Crippen molar-refractivity contribution in [2.24, 2.45) is 0 Å². The summed E-state index contributed by atoms with van der Waals surface area (Å²) < 4.78 is 5.89. The van der Waals surface area contributed by atoms with Crippen LogP contribution in [0.1, 0.15) is 19.3 Å². The Morgan fingerprint density at radius 3 is 2.73 bits per heavy atom. The molecule has 0 amide bonds. The van der Waals surface area contributed by atoms with Crippen LogP contribution in [-0.2, 0) is 4.79 Å². The van der Waals surface area contributed by atoms with Crippen LogP contribution >= 0.6 is 15.9 Å². The number of carbonyl (C=O) groups excluding carboxylic acids is 1. The van der Waals surface area contributed by atoms with Crippen LogP contribution in [0.15, 0.2) is 28.7 Å². The van der Waals surface area contributed by atoms with Gasteiger partial charge in [-0.2, -0.15) is 0 Å². The third-order valence-electron chi connectivity index (χ3n) is 1.85. The van der Waals surface area contributed by atoms with Gasteiger partial charge in [0.1, 0.15) is 5.75 Å². The fourth-order valence-corrected chi connectivity index (χ4v) is 1.45. The summed E-state index contributed by atoms with van der Waals surface area (Å²) in [6, 6.07) is 7.21. The monoisotopic (exact) mass is 272 g/mol. The van der Waals surface area contributed by atoms with Crippen LogP contribution in [0.4, 0.5) is 0 Å². The summed E-state index contributed by atoms with van der Waals surface area (Å²) in [6.45, 7) is 0.113. The van der Waals surface area contributed by atoms with Gasteiger partial charge in [0.25, 0.3) is 0 Å². The third kappa shape index (κ3) is 4.44. The van der Waals surface area contributed by atoms with E-state index in [-0.39, 0.29) is 12.6 Å². The number of hydrogen-bond donors (Lipinski definition) is 1. The van der Waals surface area contributed by atoms with Crippen molar-refractivity contribution in [1.82, 2.24) is 0 Å². The van der Waals surface area contributed by atoms with Gasteiger partial charge in [0, 0.05) is 13.0 Å². The normalized spacial score (nSPS) is 10.0. The molecule has 0 saturated heterocycles. The van der Waals surface area contributed by atoms with Gasteiger partial charge < -0.3 is 9.84 Å². The Kier molecular flexibility index (Phi) is 5.36. The lowest BCUT2D eigenvalue weighted by Gasteiger charge is -2.05. The van der Waals surface area contributed by atoms with Crippen LogP contribution in [0.25, 0.3) is 0 Å². The molecule has 1 rings (SSSR count). The molecule has 0 heterocycles. The number of carbonyl (C=O) groups is 1. The van der Waals surface area contributed by atoms with E-state index in [2.05, 4.69) is 15.9 Å². The number of para-hydroxylation sites is 1. The van der Waals surface area contributed by atoms with Crippen LogP contribution in [-0.4, -0.2) is 17.7 Å². The average molecular weight is 273 g/mol. The van der Waals surface area contributed by atoms with Crippen molar-refractivity contribution in [3.63, 3.8) is 0 Å². The zero-order valence-corrected chi connectivity index (χ0v) is 9.87. The van der Waals surface area contributed by atoms with Gasteiger partial charge in [-0.15, -0.1) is 0 Å². The first kappa shape index (κ1) is 12.2. The van der Waals surface area contributed by atoms with Crippen molar-refractivity contribution in [2.75, 3.05) is 6.61 Å². The maximum Gasteiger partial charge on any atom is 0.311 e. The van der Waals surface area contributed by atoms with E-state index < -0.39 is 0 Å². The Morgan fingerprint density at radius 2 is 2.07 bits per heavy atom. The maximum absolute atomic E-state index is 11.3. The first-order valence-corrected chi connectivity index (χ1v) is 5.59. The molecule has 0 saturated carbocycles. The fraction of sp³-hybridized carbons (Fsp3) is 0.364. The molecule has 0 unspecified atom stereocenters. The molecule has 1 aromatic rings. The molecule has 0 aliphatic heterocycles. The Hall–Kier alpha value is -0.870. The zero-order chi connectivity index (χ0) is 11.1. The highest BCUT2D eigenvalue weighted by Crippen LogP contribution is 2.24. The molecule has 3 nitrogen and oxygen atoms in total. The molecule has 15 heavy (non-hydrogen) atoms. The summed E-state index contributed by atoms with van der Waals surface area (Å²) in [4.78, 5) is 11.3. The van der Waals surface area contributed by atoms with Crippen LogP contribution in [0, 0.1) is 0 Å². The summed E-state index contributed by atoms with van der Waals surface area (Å²) in [5, 5.41) is 8.55. The Bertz CT molecular complexity index is 325. The number of unbranched alkanes of at least 4 members (excludes halogenated alkanes) is 1. The molecule has 4 heteroatoms. The molecule has 0 aliphatic rings. The van der Waals surface area contributed by atoms with Gasteiger partial charge in [0.2, 0.25) is 0 Å². The maximum atomic E-state index is 11.3. The summed E-state index contributed by atoms with van der Waals surface area (Å²) in [6.07, 6.45) is 1.62. The number of aliphatic hydroxyl groups excluding tert-OH is 1. The van der Waals surface area contributed by atoms with E-state index in [0.717, 1.165) is 4.47 Å². The van der Waals surface area contributed by atoms with E-state index in [1.807, 2.05) is 12.1 Å². The minimum absolute atomic E-state index is 0.113. The molecule has 0 aliphatic carbocycles. The molecule has 0 spiro atoms. The van der Waals surface area contributed by atoms with Gasteiger partial charge in [0.05, 0.1) is 4.47 Å². The van der Waals surface area contributed by atoms with E-state index in [4.69, 9.17) is 9.84 Å². The standard InChI is InChI=1S/C11H13BrO3/c12-9-5-1-2-6-10(9)15-11(14)7-3-4-8-13/h1-2,5-6,13H,3-4,7-8H2. The van der Waals surface area contributed by atoms with Gasteiger partial charge >= 0.3 is 5.97 Å². The Balaban J connectivity index is 2.41. The van der Waals surface area contributed by atoms with Crippen LogP contribution in [0.2, 0.25) is 0 Å². The summed E-state index contributed by atoms with van der Waals surface area (Å²) in [5.41, 5.74) is 0. The van der Waals surface area contributed by atoms with Gasteiger partial charge in [-0.25, -0.2) is 0 Å². The lowest BCUT2D eigenvalue weighted by molar-refractivity contribution is -0.134. The third-order valence-corrected chi connectivity index (χ3v) is 2.50. The van der Waals surface area contributed by atoms with Crippen molar-refractivity contribution >= 4 is 21.9 Å². The van der Waals surface area contributed by atoms with E-state index in [9.17, 15) is 4.79 Å². The van der Waals surface area contributed by atoms with Crippen molar-refractivity contribution in [3.8, 4) is 5.75 Å². The fourth-order valence-electron chi connectivity index (χ4n) is 1.08. The minimum Gasteiger partial charge on any atom is -0.425 e.